The van der Waals surface area contributed by atoms with Crippen LogP contribution in [0.3, 0.4) is 0 Å². The zero-order chi connectivity index (χ0) is 20.3. The molecule has 5 N–H and O–H groups in total. The van der Waals surface area contributed by atoms with Crippen molar-refractivity contribution >= 4 is 23.3 Å². The van der Waals surface area contributed by atoms with Crippen LogP contribution in [0.15, 0.2) is 53.3 Å². The molecule has 3 aromatic rings. The summed E-state index contributed by atoms with van der Waals surface area (Å²) in [5.74, 6) is 0.234. The number of hydrogen-bond acceptors (Lipinski definition) is 5. The van der Waals surface area contributed by atoms with Crippen LogP contribution in [-0.2, 0) is 6.42 Å². The number of phenolic OH excluding ortho intramolecular Hbond substituents is 2. The topological polar surface area (TPSA) is 106 Å². The third-order valence-corrected chi connectivity index (χ3v) is 5.01. The lowest BCUT2D eigenvalue weighted by molar-refractivity contribution is 0.160. The van der Waals surface area contributed by atoms with Crippen LogP contribution in [0.25, 0.3) is 10.9 Å². The molecule has 7 heteroatoms. The molecule has 0 aliphatic carbocycles. The summed E-state index contributed by atoms with van der Waals surface area (Å²) in [6.45, 7) is 4.49. The van der Waals surface area contributed by atoms with E-state index >= 15 is 0 Å². The van der Waals surface area contributed by atoms with E-state index in [1.807, 2.05) is 12.1 Å². The second-order valence-electron chi connectivity index (χ2n) is 7.73. The first-order valence-corrected chi connectivity index (χ1v) is 9.31. The number of H-pyrrole nitrogens is 1. The normalized spacial score (nSPS) is 12.5. The van der Waals surface area contributed by atoms with E-state index in [1.54, 1.807) is 24.3 Å². The van der Waals surface area contributed by atoms with Crippen molar-refractivity contribution < 1.29 is 15.3 Å². The van der Waals surface area contributed by atoms with E-state index in [0.717, 1.165) is 18.4 Å². The molecule has 1 heterocycles. The highest BCUT2D eigenvalue weighted by Gasteiger charge is 2.20. The van der Waals surface area contributed by atoms with Gasteiger partial charge in [0.2, 0.25) is 5.56 Å². The predicted octanol–water partition coefficient (Wildman–Crippen LogP) is 3.40. The molecule has 0 amide bonds. The molecule has 6 nitrogen and oxygen atoms in total. The highest BCUT2D eigenvalue weighted by atomic mass is 35.5. The molecular weight excluding hydrogens is 392 g/mol. The van der Waals surface area contributed by atoms with Gasteiger partial charge in [0.05, 0.1) is 11.6 Å². The summed E-state index contributed by atoms with van der Waals surface area (Å²) in [5, 5.41) is 34.1. The summed E-state index contributed by atoms with van der Waals surface area (Å²) in [7, 11) is 0. The molecule has 29 heavy (non-hydrogen) atoms. The number of fused-ring (bicyclic) bond motifs is 1. The second kappa shape index (κ2) is 9.31. The fourth-order valence-corrected chi connectivity index (χ4v) is 3.24. The number of nitrogens with one attached hydrogen (secondary N) is 2. The van der Waals surface area contributed by atoms with Gasteiger partial charge >= 0.3 is 0 Å². The van der Waals surface area contributed by atoms with Gasteiger partial charge < -0.3 is 25.6 Å². The van der Waals surface area contributed by atoms with Gasteiger partial charge in [0.25, 0.3) is 0 Å². The first kappa shape index (κ1) is 22.7. The average Bonchev–Trinajstić information content (AvgIpc) is 2.66. The SMILES string of the molecule is CC(C)(CCc1ccc(O)cc1)NCC(O)c1ccc(O)c2[nH]c(=O)ccc12.Cl. The number of pyridine rings is 1. The van der Waals surface area contributed by atoms with E-state index < -0.39 is 6.10 Å². The molecule has 0 spiro atoms. The zero-order valence-electron chi connectivity index (χ0n) is 16.5. The number of aliphatic hydroxyl groups is 1. The summed E-state index contributed by atoms with van der Waals surface area (Å²) in [6, 6.07) is 13.3. The van der Waals surface area contributed by atoms with Crippen LogP contribution in [0.1, 0.15) is 37.5 Å². The van der Waals surface area contributed by atoms with Crippen molar-refractivity contribution in [1.29, 1.82) is 0 Å². The number of aliphatic hydroxyl groups excluding tert-OH is 1. The van der Waals surface area contributed by atoms with Gasteiger partial charge in [-0.25, -0.2) is 0 Å². The van der Waals surface area contributed by atoms with Crippen molar-refractivity contribution in [3.63, 3.8) is 0 Å². The number of β-amino-alcohol motifs (C(OH)–C–C–N with tert-alkyl or cyclic N) is 1. The quantitative estimate of drug-likeness (QED) is 0.404. The molecule has 1 aromatic heterocycles. The van der Waals surface area contributed by atoms with Crippen LogP contribution in [0.4, 0.5) is 0 Å². The second-order valence-corrected chi connectivity index (χ2v) is 7.73. The predicted molar refractivity (Wildman–Crippen MR) is 117 cm³/mol. The van der Waals surface area contributed by atoms with E-state index in [9.17, 15) is 20.1 Å². The van der Waals surface area contributed by atoms with Gasteiger partial charge in [-0.2, -0.15) is 0 Å². The molecular formula is C22H27ClN2O4. The minimum atomic E-state index is -0.790. The molecule has 0 fully saturated rings. The number of phenols is 2. The third-order valence-electron chi connectivity index (χ3n) is 5.01. The Hall–Kier alpha value is -2.54. The summed E-state index contributed by atoms with van der Waals surface area (Å²) in [6.07, 6.45) is 0.912. The van der Waals surface area contributed by atoms with E-state index in [4.69, 9.17) is 0 Å². The van der Waals surface area contributed by atoms with Crippen molar-refractivity contribution in [3.8, 4) is 11.5 Å². The van der Waals surface area contributed by atoms with Gasteiger partial charge in [-0.1, -0.05) is 18.2 Å². The van der Waals surface area contributed by atoms with Crippen LogP contribution < -0.4 is 10.9 Å². The first-order valence-electron chi connectivity index (χ1n) is 9.31. The highest BCUT2D eigenvalue weighted by Crippen LogP contribution is 2.29. The van der Waals surface area contributed by atoms with Crippen molar-refractivity contribution in [3.05, 3.63) is 70.0 Å². The fourth-order valence-electron chi connectivity index (χ4n) is 3.24. The van der Waals surface area contributed by atoms with Crippen LogP contribution in [0.2, 0.25) is 0 Å². The van der Waals surface area contributed by atoms with Gasteiger partial charge in [-0.3, -0.25) is 4.79 Å². The lowest BCUT2D eigenvalue weighted by Crippen LogP contribution is -2.42. The minimum absolute atomic E-state index is 0. The summed E-state index contributed by atoms with van der Waals surface area (Å²) < 4.78 is 0. The Morgan fingerprint density at radius 3 is 2.41 bits per heavy atom. The van der Waals surface area contributed by atoms with E-state index in [2.05, 4.69) is 24.1 Å². The maximum Gasteiger partial charge on any atom is 0.248 e. The van der Waals surface area contributed by atoms with Gasteiger partial charge in [-0.15, -0.1) is 12.4 Å². The van der Waals surface area contributed by atoms with Crippen LogP contribution in [0, 0.1) is 0 Å². The number of benzene rings is 2. The van der Waals surface area contributed by atoms with Gasteiger partial charge in [0.1, 0.15) is 11.5 Å². The number of aryl methyl sites for hydroxylation is 1. The lowest BCUT2D eigenvalue weighted by atomic mass is 9.94. The third kappa shape index (κ3) is 5.73. The number of aromatic hydroxyl groups is 2. The smallest absolute Gasteiger partial charge is 0.248 e. The Kier molecular flexibility index (Phi) is 7.30. The monoisotopic (exact) mass is 418 g/mol. The lowest BCUT2D eigenvalue weighted by Gasteiger charge is -2.28. The van der Waals surface area contributed by atoms with Crippen molar-refractivity contribution in [2.24, 2.45) is 0 Å². The largest absolute Gasteiger partial charge is 0.508 e. The van der Waals surface area contributed by atoms with E-state index in [0.29, 0.717) is 23.0 Å². The average molecular weight is 419 g/mol. The minimum Gasteiger partial charge on any atom is -0.508 e. The number of hydrogen-bond donors (Lipinski definition) is 5. The number of aromatic nitrogens is 1. The standard InChI is InChI=1S/C22H26N2O4.ClH/c1-22(2,12-11-14-3-5-15(25)6-4-14)23-13-19(27)16-7-9-18(26)21-17(16)8-10-20(28)24-21;/h3-10,19,23,25-27H,11-13H2,1-2H3,(H,24,28);1H. The van der Waals surface area contributed by atoms with E-state index in [-0.39, 0.29) is 35.0 Å². The molecule has 0 saturated heterocycles. The molecule has 0 aliphatic rings. The van der Waals surface area contributed by atoms with Gasteiger partial charge in [0.15, 0.2) is 0 Å². The maximum atomic E-state index is 11.5. The molecule has 0 saturated carbocycles. The number of rotatable bonds is 7. The van der Waals surface area contributed by atoms with Gasteiger partial charge in [0, 0.05) is 23.5 Å². The Labute approximate surface area is 175 Å². The first-order chi connectivity index (χ1) is 13.2. The van der Waals surface area contributed by atoms with E-state index in [1.165, 1.54) is 12.1 Å². The molecule has 0 radical (unpaired) electrons. The van der Waals surface area contributed by atoms with Crippen LogP contribution >= 0.6 is 12.4 Å². The van der Waals surface area contributed by atoms with Crippen LogP contribution in [0.5, 0.6) is 11.5 Å². The summed E-state index contributed by atoms with van der Waals surface area (Å²) in [4.78, 5) is 14.1. The van der Waals surface area contributed by atoms with Crippen molar-refractivity contribution in [2.45, 2.75) is 38.3 Å². The number of halogens is 1. The molecule has 1 unspecified atom stereocenters. The molecule has 2 aromatic carbocycles. The Bertz CT molecular complexity index is 1020. The maximum absolute atomic E-state index is 11.5. The zero-order valence-corrected chi connectivity index (χ0v) is 17.3. The van der Waals surface area contributed by atoms with Crippen LogP contribution in [-0.4, -0.2) is 32.4 Å². The Morgan fingerprint density at radius 2 is 1.72 bits per heavy atom. The fraction of sp³-hybridized carbons (Fsp3) is 0.318. The summed E-state index contributed by atoms with van der Waals surface area (Å²) in [5.41, 5.74) is 1.60. The Balaban J connectivity index is 0.00000300. The molecule has 0 aliphatic heterocycles. The summed E-state index contributed by atoms with van der Waals surface area (Å²) >= 11 is 0. The molecule has 1 atom stereocenters. The molecule has 3 rings (SSSR count). The highest BCUT2D eigenvalue weighted by molar-refractivity contribution is 5.87. The molecule has 0 bridgehead atoms. The molecule has 156 valence electrons. The number of aromatic amines is 1. The van der Waals surface area contributed by atoms with Crippen molar-refractivity contribution in [1.82, 2.24) is 10.3 Å². The van der Waals surface area contributed by atoms with Gasteiger partial charge in [-0.05, 0) is 62.1 Å². The Morgan fingerprint density at radius 1 is 1.03 bits per heavy atom. The van der Waals surface area contributed by atoms with Crippen molar-refractivity contribution in [2.75, 3.05) is 6.54 Å².